The summed E-state index contributed by atoms with van der Waals surface area (Å²) in [5.41, 5.74) is 39.1. The Bertz CT molecular complexity index is 3590. The Labute approximate surface area is 665 Å². The number of primary amides is 4. The van der Waals surface area contributed by atoms with Gasteiger partial charge in [-0.05, 0) is 100 Å². The standard InChI is InChI=1S/C71H119N23O21/c1-33(2)23-44(62(106)87-43(70(114)115)13-11-21-80-71(77)78)88-63(107)45(24-34(3)4)89-66(110)48(29-54(76)98)90-60(104)42(17-20-56(100)101)85-65(109)47(28-53(75)97)91-64(108)46(25-35(5)6)92-68(112)57(37(9)10)93-61(105)41(16-19-52(74)96)86-67(111)50-14-12-22-94(50)69(113)49(26-36(7)8)83-55(99)31-81-59(103)40(15-18-51(73)95)84-58(102)39(72)27-38-30-79-32-82-38/h30,32-37,39-50,57H,11-29,31,72H2,1-10H3,(H2,73,95)(H2,74,96)(H2,75,97)(H2,76,98)(H,79,82)(H,81,103)(H,83,99)(H,84,102)(H,85,109)(H,86,111)(H,87,106)(H,88,107)(H,89,110)(H,90,104)(H,91,108)(H,92,112)(H,93,105)(H,100,101)(H,114,115)(H4,77,78,80)/t39-,40-,41-,42-,43-,44-,45-,46-,47-,48-,49-,50-,57-/m0/s1. The highest BCUT2D eigenvalue weighted by atomic mass is 16.4. The quantitative estimate of drug-likeness (QED) is 0.0164. The monoisotopic (exact) mass is 1630 g/mol. The summed E-state index contributed by atoms with van der Waals surface area (Å²) in [4.78, 5) is 267. The number of likely N-dealkylation sites (tertiary alicyclic amines) is 1. The van der Waals surface area contributed by atoms with Crippen molar-refractivity contribution in [3.05, 3.63) is 18.2 Å². The second kappa shape index (κ2) is 49.8. The molecule has 0 saturated carbocycles. The molecule has 0 aliphatic carbocycles. The average molecular weight is 1630 g/mol. The molecule has 115 heavy (non-hydrogen) atoms. The molecule has 0 bridgehead atoms. The van der Waals surface area contributed by atoms with Crippen LogP contribution in [0.1, 0.15) is 178 Å². The number of aromatic amines is 1. The Morgan fingerprint density at radius 2 is 0.887 bits per heavy atom. The summed E-state index contributed by atoms with van der Waals surface area (Å²) < 4.78 is 0. The summed E-state index contributed by atoms with van der Waals surface area (Å²) >= 11 is 0. The van der Waals surface area contributed by atoms with E-state index in [1.165, 1.54) is 31.3 Å². The van der Waals surface area contributed by atoms with E-state index in [9.17, 15) is 101 Å². The predicted octanol–water partition coefficient (Wildman–Crippen LogP) is -7.16. The smallest absolute Gasteiger partial charge is 0.326 e. The zero-order valence-corrected chi connectivity index (χ0v) is 66.7. The summed E-state index contributed by atoms with van der Waals surface area (Å²) in [7, 11) is 0. The van der Waals surface area contributed by atoms with E-state index in [0.717, 1.165) is 0 Å². The highest BCUT2D eigenvalue weighted by Gasteiger charge is 2.42. The van der Waals surface area contributed by atoms with E-state index in [4.69, 9.17) is 40.1 Å². The van der Waals surface area contributed by atoms with Crippen LogP contribution >= 0.6 is 0 Å². The Hall–Kier alpha value is -11.6. The maximum absolute atomic E-state index is 14.5. The van der Waals surface area contributed by atoms with Crippen LogP contribution in [0.25, 0.3) is 0 Å². The van der Waals surface area contributed by atoms with Crippen molar-refractivity contribution in [1.29, 1.82) is 0 Å². The van der Waals surface area contributed by atoms with Gasteiger partial charge < -0.3 is 124 Å². The number of carboxylic acids is 2. The zero-order valence-electron chi connectivity index (χ0n) is 66.7. The summed E-state index contributed by atoms with van der Waals surface area (Å²) in [6, 6.07) is -20.1. The van der Waals surface area contributed by atoms with E-state index in [-0.39, 0.29) is 107 Å². The van der Waals surface area contributed by atoms with E-state index >= 15 is 0 Å². The van der Waals surface area contributed by atoms with Gasteiger partial charge >= 0.3 is 11.9 Å². The highest BCUT2D eigenvalue weighted by molar-refractivity contribution is 6.01. The first kappa shape index (κ1) is 99.4. The maximum Gasteiger partial charge on any atom is 0.326 e. The number of aromatic nitrogens is 2. The van der Waals surface area contributed by atoms with Crippen molar-refractivity contribution in [2.24, 2.45) is 74.7 Å². The number of nitrogens with two attached hydrogens (primary N) is 7. The third-order valence-electron chi connectivity index (χ3n) is 17.7. The van der Waals surface area contributed by atoms with Crippen LogP contribution in [0.2, 0.25) is 0 Å². The maximum atomic E-state index is 14.5. The number of hydrogen-bond donors (Lipinski definition) is 22. The van der Waals surface area contributed by atoms with Gasteiger partial charge in [0.25, 0.3) is 0 Å². The number of nitrogens with zero attached hydrogens (tertiary/aromatic N) is 3. The van der Waals surface area contributed by atoms with Crippen LogP contribution in [-0.2, 0) is 97.5 Å². The number of H-pyrrole nitrogens is 1. The van der Waals surface area contributed by atoms with Crippen molar-refractivity contribution in [1.82, 2.24) is 78.7 Å². The summed E-state index contributed by atoms with van der Waals surface area (Å²) in [6.45, 7) is 15.9. The van der Waals surface area contributed by atoms with Gasteiger partial charge in [-0.3, -0.25) is 91.3 Å². The van der Waals surface area contributed by atoms with Crippen LogP contribution in [0.5, 0.6) is 0 Å². The van der Waals surface area contributed by atoms with Crippen LogP contribution in [0, 0.1) is 29.6 Å². The molecule has 44 nitrogen and oxygen atoms in total. The molecule has 1 fully saturated rings. The fraction of sp³-hybridized carbons (Fsp3) is 0.676. The lowest BCUT2D eigenvalue weighted by atomic mass is 9.98. The van der Waals surface area contributed by atoms with Crippen molar-refractivity contribution in [3.63, 3.8) is 0 Å². The minimum Gasteiger partial charge on any atom is -0.481 e. The van der Waals surface area contributed by atoms with E-state index in [1.807, 2.05) is 0 Å². The molecule has 0 spiro atoms. The molecular weight excluding hydrogens is 1510 g/mol. The minimum absolute atomic E-state index is 0.00613. The molecule has 644 valence electrons. The molecule has 0 radical (unpaired) electrons. The second-order valence-electron chi connectivity index (χ2n) is 30.3. The Kier molecular flexibility index (Phi) is 43.0. The third kappa shape index (κ3) is 38.2. The largest absolute Gasteiger partial charge is 0.481 e. The molecule has 1 aromatic rings. The number of carbonyl (C=O) groups excluding carboxylic acids is 17. The van der Waals surface area contributed by atoms with Gasteiger partial charge in [0, 0.05) is 50.7 Å². The molecule has 2 heterocycles. The summed E-state index contributed by atoms with van der Waals surface area (Å²) in [5, 5.41) is 48.9. The molecule has 2 rings (SSSR count). The number of imidazole rings is 1. The topological polar surface area (TPSA) is 736 Å². The molecule has 13 atom stereocenters. The van der Waals surface area contributed by atoms with E-state index in [1.54, 1.807) is 55.4 Å². The van der Waals surface area contributed by atoms with Gasteiger partial charge in [-0.1, -0.05) is 69.2 Å². The number of amides is 17. The van der Waals surface area contributed by atoms with Gasteiger partial charge in [-0.2, -0.15) is 0 Å². The lowest BCUT2D eigenvalue weighted by Gasteiger charge is -2.31. The first-order valence-corrected chi connectivity index (χ1v) is 38.0. The number of carboxylic acid groups (broad SMARTS) is 2. The summed E-state index contributed by atoms with van der Waals surface area (Å²) in [6.07, 6.45) is -2.23. The zero-order chi connectivity index (χ0) is 87.3. The van der Waals surface area contributed by atoms with Gasteiger partial charge in [0.2, 0.25) is 100 Å². The van der Waals surface area contributed by atoms with Crippen LogP contribution in [0.15, 0.2) is 17.5 Å². The van der Waals surface area contributed by atoms with E-state index < -0.39 is 248 Å². The molecule has 1 aliphatic heterocycles. The van der Waals surface area contributed by atoms with Crippen molar-refractivity contribution in [2.45, 2.75) is 257 Å². The van der Waals surface area contributed by atoms with Crippen LogP contribution in [-0.4, -0.2) is 242 Å². The van der Waals surface area contributed by atoms with Crippen LogP contribution in [0.3, 0.4) is 0 Å². The molecule has 0 aromatic carbocycles. The molecule has 1 aromatic heterocycles. The van der Waals surface area contributed by atoms with Gasteiger partial charge in [0.1, 0.15) is 72.5 Å². The first-order chi connectivity index (χ1) is 53.7. The van der Waals surface area contributed by atoms with Crippen LogP contribution in [0.4, 0.5) is 0 Å². The molecule has 1 saturated heterocycles. The first-order valence-electron chi connectivity index (χ1n) is 38.0. The fourth-order valence-electron chi connectivity index (χ4n) is 12.0. The number of nitrogens with one attached hydrogen (secondary N) is 13. The van der Waals surface area contributed by atoms with E-state index in [0.29, 0.717) is 5.69 Å². The molecule has 1 aliphatic rings. The van der Waals surface area contributed by atoms with Crippen molar-refractivity contribution >= 4 is 118 Å². The summed E-state index contributed by atoms with van der Waals surface area (Å²) in [5.74, 6) is -22.4. The Morgan fingerprint density at radius 3 is 1.32 bits per heavy atom. The average Bonchev–Trinajstić information content (AvgIpc) is 1.72. The van der Waals surface area contributed by atoms with Crippen molar-refractivity contribution in [2.75, 3.05) is 19.6 Å². The van der Waals surface area contributed by atoms with Crippen LogP contribution < -0.4 is 104 Å². The second-order valence-corrected chi connectivity index (χ2v) is 30.3. The number of rotatable bonds is 54. The van der Waals surface area contributed by atoms with Gasteiger partial charge in [0.05, 0.1) is 31.8 Å². The molecule has 44 heteroatoms. The molecule has 29 N–H and O–H groups in total. The van der Waals surface area contributed by atoms with E-state index in [2.05, 4.69) is 78.8 Å². The number of aliphatic carboxylic acids is 2. The van der Waals surface area contributed by atoms with Gasteiger partial charge in [-0.15, -0.1) is 0 Å². The SMILES string of the molecule is CC(C)C[C@H](NC(=O)[C@H](CC(C)C)NC(=O)[C@H](CC(N)=O)NC(=O)[C@H](CCC(=O)O)NC(=O)[C@H](CC(N)=O)NC(=O)[C@H](CC(C)C)NC(=O)[C@@H](NC(=O)[C@H](CCC(N)=O)NC(=O)[C@@H]1CCCN1C(=O)[C@H](CC(C)C)NC(=O)CNC(=O)[C@H](CCC(N)=O)NC(=O)[C@@H](N)Cc1cnc[nH]1)C(C)C)C(=O)N[C@@H](CCCN=C(N)N)C(=O)O. The van der Waals surface area contributed by atoms with Crippen molar-refractivity contribution < 1.29 is 101 Å². The lowest BCUT2D eigenvalue weighted by Crippen LogP contribution is -2.61. The minimum atomic E-state index is -2.00. The molecular formula is C71H119N23O21. The van der Waals surface area contributed by atoms with Gasteiger partial charge in [0.15, 0.2) is 5.96 Å². The molecule has 17 amide bonds. The highest BCUT2D eigenvalue weighted by Crippen LogP contribution is 2.22. The number of aliphatic imine (C=N–C) groups is 1. The predicted molar refractivity (Wildman–Crippen MR) is 411 cm³/mol. The fourth-order valence-corrected chi connectivity index (χ4v) is 12.0. The lowest BCUT2D eigenvalue weighted by molar-refractivity contribution is -0.142. The van der Waals surface area contributed by atoms with Gasteiger partial charge in [-0.25, -0.2) is 9.78 Å². The number of hydrogen-bond acceptors (Lipinski definition) is 22. The third-order valence-corrected chi connectivity index (χ3v) is 17.7. The Morgan fingerprint density at radius 1 is 0.478 bits per heavy atom. The number of carbonyl (C=O) groups is 19. The van der Waals surface area contributed by atoms with Crippen molar-refractivity contribution in [3.8, 4) is 0 Å². The molecule has 0 unspecified atom stereocenters. The Balaban J connectivity index is 2.42. The normalized spacial score (nSPS) is 15.7. The number of guanidine groups is 1.